The van der Waals surface area contributed by atoms with Crippen molar-refractivity contribution in [2.24, 2.45) is 0 Å². The minimum Gasteiger partial charge on any atom is -0.298 e. The van der Waals surface area contributed by atoms with Gasteiger partial charge in [0.25, 0.3) is 0 Å². The molecule has 0 fully saturated rings. The van der Waals surface area contributed by atoms with Gasteiger partial charge in [0.1, 0.15) is 11.5 Å². The summed E-state index contributed by atoms with van der Waals surface area (Å²) >= 11 is 3.37. The summed E-state index contributed by atoms with van der Waals surface area (Å²) < 4.78 is 15.6. The zero-order chi connectivity index (χ0) is 14.8. The van der Waals surface area contributed by atoms with Crippen LogP contribution >= 0.6 is 15.9 Å². The van der Waals surface area contributed by atoms with Crippen LogP contribution in [0.4, 0.5) is 4.39 Å². The molecular weight excluding hydrogens is 335 g/mol. The first-order valence-electron chi connectivity index (χ1n) is 6.24. The molecule has 0 amide bonds. The van der Waals surface area contributed by atoms with E-state index in [1.165, 1.54) is 12.1 Å². The number of nitrogens with zero attached hydrogens (tertiary/aromatic N) is 2. The molecule has 0 spiro atoms. The van der Waals surface area contributed by atoms with Crippen LogP contribution in [0.25, 0.3) is 16.9 Å². The second-order valence-corrected chi connectivity index (χ2v) is 5.39. The fourth-order valence-corrected chi connectivity index (χ4v) is 2.30. The summed E-state index contributed by atoms with van der Waals surface area (Å²) in [7, 11) is 0. The van der Waals surface area contributed by atoms with E-state index >= 15 is 0 Å². The molecule has 0 saturated carbocycles. The van der Waals surface area contributed by atoms with Gasteiger partial charge in [-0.3, -0.25) is 4.79 Å². The van der Waals surface area contributed by atoms with E-state index in [0.717, 1.165) is 16.4 Å². The number of hydrogen-bond acceptors (Lipinski definition) is 2. The first-order valence-corrected chi connectivity index (χ1v) is 7.03. The maximum absolute atomic E-state index is 13.0. The number of benzene rings is 2. The van der Waals surface area contributed by atoms with Crippen molar-refractivity contribution >= 4 is 22.2 Å². The van der Waals surface area contributed by atoms with Crippen molar-refractivity contribution in [1.29, 1.82) is 0 Å². The minimum atomic E-state index is -0.321. The van der Waals surface area contributed by atoms with E-state index in [-0.39, 0.29) is 5.82 Å². The molecule has 0 aliphatic carbocycles. The number of halogens is 2. The highest BCUT2D eigenvalue weighted by Gasteiger charge is 2.11. The molecule has 3 rings (SSSR count). The largest absolute Gasteiger partial charge is 0.298 e. The van der Waals surface area contributed by atoms with E-state index in [9.17, 15) is 9.18 Å². The molecule has 0 aliphatic heterocycles. The zero-order valence-corrected chi connectivity index (χ0v) is 12.4. The summed E-state index contributed by atoms with van der Waals surface area (Å²) in [6.45, 7) is 0. The lowest BCUT2D eigenvalue weighted by molar-refractivity contribution is 0.112. The van der Waals surface area contributed by atoms with Crippen molar-refractivity contribution in [1.82, 2.24) is 9.78 Å². The quantitative estimate of drug-likeness (QED) is 0.665. The van der Waals surface area contributed by atoms with E-state index in [2.05, 4.69) is 21.0 Å². The van der Waals surface area contributed by atoms with Crippen LogP contribution in [0, 0.1) is 5.82 Å². The van der Waals surface area contributed by atoms with E-state index in [0.29, 0.717) is 16.8 Å². The summed E-state index contributed by atoms with van der Waals surface area (Å²) in [6, 6.07) is 13.5. The maximum atomic E-state index is 13.0. The van der Waals surface area contributed by atoms with Crippen LogP contribution in [0.2, 0.25) is 0 Å². The third-order valence-electron chi connectivity index (χ3n) is 3.08. The van der Waals surface area contributed by atoms with Gasteiger partial charge in [-0.25, -0.2) is 9.07 Å². The second-order valence-electron chi connectivity index (χ2n) is 4.48. The van der Waals surface area contributed by atoms with Crippen molar-refractivity contribution in [3.05, 3.63) is 70.6 Å². The first kappa shape index (κ1) is 13.7. The van der Waals surface area contributed by atoms with Gasteiger partial charge in [-0.2, -0.15) is 5.10 Å². The standard InChI is InChI=1S/C16H10BrFN2O/c17-13-3-7-15(8-4-13)20-9-12(10-21)16(19-20)11-1-5-14(18)6-2-11/h1-10H. The van der Waals surface area contributed by atoms with Crippen molar-refractivity contribution in [3.63, 3.8) is 0 Å². The van der Waals surface area contributed by atoms with E-state index in [1.807, 2.05) is 24.3 Å². The third kappa shape index (κ3) is 2.78. The van der Waals surface area contributed by atoms with Gasteiger partial charge in [0, 0.05) is 16.2 Å². The van der Waals surface area contributed by atoms with Crippen LogP contribution in [0.5, 0.6) is 0 Å². The molecule has 0 N–H and O–H groups in total. The highest BCUT2D eigenvalue weighted by atomic mass is 79.9. The highest BCUT2D eigenvalue weighted by molar-refractivity contribution is 9.10. The Morgan fingerprint density at radius 1 is 1.05 bits per heavy atom. The highest BCUT2D eigenvalue weighted by Crippen LogP contribution is 2.23. The monoisotopic (exact) mass is 344 g/mol. The van der Waals surface area contributed by atoms with Gasteiger partial charge >= 0.3 is 0 Å². The van der Waals surface area contributed by atoms with Crippen LogP contribution in [0.15, 0.2) is 59.2 Å². The number of carbonyl (C=O) groups is 1. The van der Waals surface area contributed by atoms with Gasteiger partial charge in [0.15, 0.2) is 6.29 Å². The molecule has 104 valence electrons. The molecule has 0 radical (unpaired) electrons. The predicted molar refractivity (Wildman–Crippen MR) is 82.0 cm³/mol. The molecule has 3 nitrogen and oxygen atoms in total. The smallest absolute Gasteiger partial charge is 0.153 e. The van der Waals surface area contributed by atoms with Crippen molar-refractivity contribution in [2.75, 3.05) is 0 Å². The predicted octanol–water partition coefficient (Wildman–Crippen LogP) is 4.25. The molecule has 0 bridgehead atoms. The lowest BCUT2D eigenvalue weighted by Gasteiger charge is -2.01. The summed E-state index contributed by atoms with van der Waals surface area (Å²) in [5.74, 6) is -0.321. The Morgan fingerprint density at radius 2 is 1.71 bits per heavy atom. The topological polar surface area (TPSA) is 34.9 Å². The molecule has 21 heavy (non-hydrogen) atoms. The molecule has 2 aromatic carbocycles. The summed E-state index contributed by atoms with van der Waals surface area (Å²) in [4.78, 5) is 11.2. The first-order chi connectivity index (χ1) is 10.2. The molecule has 0 aliphatic rings. The number of carbonyl (C=O) groups excluding carboxylic acids is 1. The number of aromatic nitrogens is 2. The van der Waals surface area contributed by atoms with Gasteiger partial charge in [0.2, 0.25) is 0 Å². The van der Waals surface area contributed by atoms with E-state index in [1.54, 1.807) is 23.0 Å². The fourth-order valence-electron chi connectivity index (χ4n) is 2.03. The Morgan fingerprint density at radius 3 is 2.33 bits per heavy atom. The van der Waals surface area contributed by atoms with Crippen molar-refractivity contribution in [3.8, 4) is 16.9 Å². The Bertz CT molecular complexity index is 779. The van der Waals surface area contributed by atoms with Gasteiger partial charge in [-0.15, -0.1) is 0 Å². The molecule has 1 heterocycles. The van der Waals surface area contributed by atoms with Crippen LogP contribution in [-0.4, -0.2) is 16.1 Å². The number of aldehydes is 1. The minimum absolute atomic E-state index is 0.321. The Kier molecular flexibility index (Phi) is 3.66. The Hall–Kier alpha value is -2.27. The number of rotatable bonds is 3. The molecule has 3 aromatic rings. The Balaban J connectivity index is 2.08. The summed E-state index contributed by atoms with van der Waals surface area (Å²) in [5.41, 5.74) is 2.54. The molecule has 5 heteroatoms. The summed E-state index contributed by atoms with van der Waals surface area (Å²) in [5, 5.41) is 4.43. The van der Waals surface area contributed by atoms with Gasteiger partial charge in [-0.05, 0) is 48.5 Å². The normalized spacial score (nSPS) is 10.6. The van der Waals surface area contributed by atoms with Gasteiger partial charge in [-0.1, -0.05) is 15.9 Å². The maximum Gasteiger partial charge on any atom is 0.153 e. The van der Waals surface area contributed by atoms with Crippen molar-refractivity contribution < 1.29 is 9.18 Å². The lowest BCUT2D eigenvalue weighted by Crippen LogP contribution is -1.94. The second kappa shape index (κ2) is 5.61. The Labute approximate surface area is 129 Å². The zero-order valence-electron chi connectivity index (χ0n) is 10.8. The third-order valence-corrected chi connectivity index (χ3v) is 3.61. The molecule has 0 unspecified atom stereocenters. The number of hydrogen-bond donors (Lipinski definition) is 0. The van der Waals surface area contributed by atoms with Crippen LogP contribution < -0.4 is 0 Å². The SMILES string of the molecule is O=Cc1cn(-c2ccc(Br)cc2)nc1-c1ccc(F)cc1. The van der Waals surface area contributed by atoms with Crippen LogP contribution in [-0.2, 0) is 0 Å². The average molecular weight is 345 g/mol. The molecular formula is C16H10BrFN2O. The van der Waals surface area contributed by atoms with Gasteiger partial charge < -0.3 is 0 Å². The fraction of sp³-hybridized carbons (Fsp3) is 0. The van der Waals surface area contributed by atoms with Crippen LogP contribution in [0.3, 0.4) is 0 Å². The average Bonchev–Trinajstić information content (AvgIpc) is 2.93. The summed E-state index contributed by atoms with van der Waals surface area (Å²) in [6.07, 6.45) is 2.41. The molecule has 0 saturated heterocycles. The lowest BCUT2D eigenvalue weighted by atomic mass is 10.1. The van der Waals surface area contributed by atoms with Crippen molar-refractivity contribution in [2.45, 2.75) is 0 Å². The molecule has 1 aromatic heterocycles. The van der Waals surface area contributed by atoms with Gasteiger partial charge in [0.05, 0.1) is 11.3 Å². The van der Waals surface area contributed by atoms with Crippen LogP contribution in [0.1, 0.15) is 10.4 Å². The van der Waals surface area contributed by atoms with E-state index in [4.69, 9.17) is 0 Å². The van der Waals surface area contributed by atoms with E-state index < -0.39 is 0 Å². The molecule has 0 atom stereocenters.